The molecule has 2 nitrogen and oxygen atoms in total. The van der Waals surface area contributed by atoms with Gasteiger partial charge in [-0.05, 0) is 47.9 Å². The van der Waals surface area contributed by atoms with Crippen LogP contribution in [0, 0.1) is 17.7 Å². The predicted octanol–water partition coefficient (Wildman–Crippen LogP) is 9.45. The molecule has 4 rings (SSSR count). The lowest BCUT2D eigenvalue weighted by molar-refractivity contribution is 0.292. The molecule has 0 fully saturated rings. The number of unbranched alkanes of at least 4 members (excludes halogenated alkanes) is 6. The molecule has 4 aromatic carbocycles. The normalized spacial score (nSPS) is 10.9. The van der Waals surface area contributed by atoms with Gasteiger partial charge in [0.25, 0.3) is 0 Å². The van der Waals surface area contributed by atoms with Crippen LogP contribution >= 0.6 is 0 Å². The molecule has 0 saturated heterocycles. The van der Waals surface area contributed by atoms with Crippen molar-refractivity contribution in [3.8, 4) is 23.3 Å². The van der Waals surface area contributed by atoms with Crippen LogP contribution in [0.25, 0.3) is 21.5 Å². The Morgan fingerprint density at radius 2 is 1.30 bits per heavy atom. The van der Waals surface area contributed by atoms with Gasteiger partial charge in [0, 0.05) is 16.3 Å². The van der Waals surface area contributed by atoms with E-state index in [0.29, 0.717) is 24.3 Å². The van der Waals surface area contributed by atoms with E-state index in [-0.39, 0.29) is 5.82 Å². The molecule has 0 aromatic heterocycles. The van der Waals surface area contributed by atoms with E-state index >= 15 is 4.39 Å². The molecule has 0 N–H and O–H groups in total. The minimum atomic E-state index is -0.305. The van der Waals surface area contributed by atoms with E-state index in [2.05, 4.69) is 43.9 Å². The maximum absolute atomic E-state index is 15.1. The Kier molecular flexibility index (Phi) is 9.83. The first-order valence-corrected chi connectivity index (χ1v) is 13.7. The van der Waals surface area contributed by atoms with Crippen LogP contribution in [-0.2, 0) is 0 Å². The fourth-order valence-corrected chi connectivity index (χ4v) is 4.52. The Hall–Kier alpha value is -3.51. The molecule has 4 aromatic rings. The molecule has 0 spiro atoms. The van der Waals surface area contributed by atoms with Gasteiger partial charge >= 0.3 is 0 Å². The maximum atomic E-state index is 15.1. The molecule has 0 heterocycles. The van der Waals surface area contributed by atoms with Gasteiger partial charge in [-0.25, -0.2) is 4.39 Å². The number of fused-ring (bicyclic) bond motifs is 2. The van der Waals surface area contributed by atoms with Crippen molar-refractivity contribution in [2.45, 2.75) is 65.2 Å². The lowest BCUT2D eigenvalue weighted by Gasteiger charge is -2.11. The summed E-state index contributed by atoms with van der Waals surface area (Å²) in [5, 5.41) is 3.58. The second-order valence-corrected chi connectivity index (χ2v) is 9.54. The van der Waals surface area contributed by atoms with Gasteiger partial charge in [-0.2, -0.15) is 0 Å². The zero-order chi connectivity index (χ0) is 25.9. The number of halogens is 1. The highest BCUT2D eigenvalue weighted by Gasteiger charge is 2.10. The molecule has 37 heavy (non-hydrogen) atoms. The van der Waals surface area contributed by atoms with Gasteiger partial charge in [0.05, 0.1) is 18.8 Å². The van der Waals surface area contributed by atoms with Crippen LogP contribution in [0.3, 0.4) is 0 Å². The average molecular weight is 497 g/mol. The van der Waals surface area contributed by atoms with Crippen molar-refractivity contribution in [2.24, 2.45) is 0 Å². The fourth-order valence-electron chi connectivity index (χ4n) is 4.52. The van der Waals surface area contributed by atoms with E-state index < -0.39 is 0 Å². The summed E-state index contributed by atoms with van der Waals surface area (Å²) in [6.07, 6.45) is 9.04. The Labute approximate surface area is 220 Å². The van der Waals surface area contributed by atoms with E-state index in [0.717, 1.165) is 52.3 Å². The topological polar surface area (TPSA) is 18.5 Å². The van der Waals surface area contributed by atoms with Gasteiger partial charge in [-0.1, -0.05) is 107 Å². The molecule has 0 aliphatic heterocycles. The third-order valence-corrected chi connectivity index (χ3v) is 6.65. The summed E-state index contributed by atoms with van der Waals surface area (Å²) in [5.74, 6) is 7.50. The third kappa shape index (κ3) is 7.04. The Morgan fingerprint density at radius 1 is 0.622 bits per heavy atom. The lowest BCUT2D eigenvalue weighted by Crippen LogP contribution is -2.00. The van der Waals surface area contributed by atoms with Crippen molar-refractivity contribution < 1.29 is 13.9 Å². The average Bonchev–Trinajstić information content (AvgIpc) is 2.93. The Morgan fingerprint density at radius 3 is 2.05 bits per heavy atom. The summed E-state index contributed by atoms with van der Waals surface area (Å²) in [6.45, 7) is 5.61. The summed E-state index contributed by atoms with van der Waals surface area (Å²) >= 11 is 0. The van der Waals surface area contributed by atoms with Crippen LogP contribution in [0.1, 0.15) is 76.3 Å². The first-order valence-electron chi connectivity index (χ1n) is 13.7. The van der Waals surface area contributed by atoms with Gasteiger partial charge in [0.2, 0.25) is 0 Å². The minimum Gasteiger partial charge on any atom is -0.492 e. The Bertz CT molecular complexity index is 1380. The van der Waals surface area contributed by atoms with Crippen LogP contribution < -0.4 is 9.47 Å². The molecule has 0 aliphatic rings. The molecule has 3 heteroatoms. The number of benzene rings is 4. The van der Waals surface area contributed by atoms with E-state index in [4.69, 9.17) is 9.47 Å². The van der Waals surface area contributed by atoms with Crippen LogP contribution in [0.15, 0.2) is 66.7 Å². The predicted molar refractivity (Wildman–Crippen MR) is 153 cm³/mol. The van der Waals surface area contributed by atoms with Gasteiger partial charge in [-0.15, -0.1) is 0 Å². The summed E-state index contributed by atoms with van der Waals surface area (Å²) in [7, 11) is 0. The first-order chi connectivity index (χ1) is 18.2. The highest BCUT2D eigenvalue weighted by atomic mass is 19.1. The number of hydrogen-bond acceptors (Lipinski definition) is 2. The lowest BCUT2D eigenvalue weighted by atomic mass is 10.0. The molecular weight excluding hydrogens is 459 g/mol. The van der Waals surface area contributed by atoms with Crippen LogP contribution in [0.2, 0.25) is 0 Å². The molecule has 192 valence electrons. The van der Waals surface area contributed by atoms with Crippen molar-refractivity contribution in [1.82, 2.24) is 0 Å². The van der Waals surface area contributed by atoms with Crippen molar-refractivity contribution in [1.29, 1.82) is 0 Å². The summed E-state index contributed by atoms with van der Waals surface area (Å²) in [5.41, 5.74) is 1.73. The summed E-state index contributed by atoms with van der Waals surface area (Å²) in [6, 6.07) is 21.6. The van der Waals surface area contributed by atoms with Crippen LogP contribution in [-0.4, -0.2) is 13.2 Å². The smallest absolute Gasteiger partial charge is 0.172 e. The summed E-state index contributed by atoms with van der Waals surface area (Å²) in [4.78, 5) is 0. The number of rotatable bonds is 12. The second-order valence-electron chi connectivity index (χ2n) is 9.54. The molecule has 0 radical (unpaired) electrons. The van der Waals surface area contributed by atoms with Crippen molar-refractivity contribution in [3.63, 3.8) is 0 Å². The first kappa shape index (κ1) is 26.6. The maximum Gasteiger partial charge on any atom is 0.172 e. The van der Waals surface area contributed by atoms with Crippen molar-refractivity contribution in [3.05, 3.63) is 83.7 Å². The molecule has 0 saturated carbocycles. The molecule has 0 amide bonds. The molecule has 0 unspecified atom stereocenters. The number of hydrogen-bond donors (Lipinski definition) is 0. The van der Waals surface area contributed by atoms with E-state index in [1.165, 1.54) is 32.1 Å². The van der Waals surface area contributed by atoms with E-state index in [9.17, 15) is 0 Å². The van der Waals surface area contributed by atoms with Gasteiger partial charge < -0.3 is 9.47 Å². The van der Waals surface area contributed by atoms with Gasteiger partial charge in [0.1, 0.15) is 5.75 Å². The zero-order valence-corrected chi connectivity index (χ0v) is 22.1. The van der Waals surface area contributed by atoms with Gasteiger partial charge in [0.15, 0.2) is 11.6 Å². The Balaban J connectivity index is 1.56. The fraction of sp³-hybridized carbons (Fsp3) is 0.353. The van der Waals surface area contributed by atoms with Crippen molar-refractivity contribution >= 4 is 21.5 Å². The van der Waals surface area contributed by atoms with Crippen LogP contribution in [0.4, 0.5) is 4.39 Å². The zero-order valence-electron chi connectivity index (χ0n) is 22.1. The van der Waals surface area contributed by atoms with Gasteiger partial charge in [-0.3, -0.25) is 0 Å². The third-order valence-electron chi connectivity index (χ3n) is 6.65. The SMILES string of the molecule is CCCCCCOc1ccc2cc(C#Cc3c(OCCCCCC)ccc4ccccc34)ccc2c1F. The monoisotopic (exact) mass is 496 g/mol. The molecule has 0 atom stereocenters. The second kappa shape index (κ2) is 13.7. The number of ether oxygens (including phenoxy) is 2. The largest absolute Gasteiger partial charge is 0.492 e. The van der Waals surface area contributed by atoms with E-state index in [1.54, 1.807) is 12.1 Å². The van der Waals surface area contributed by atoms with Crippen molar-refractivity contribution in [2.75, 3.05) is 13.2 Å². The quantitative estimate of drug-likeness (QED) is 0.144. The highest BCUT2D eigenvalue weighted by Crippen LogP contribution is 2.29. The molecule has 0 bridgehead atoms. The molecule has 0 aliphatic carbocycles. The van der Waals surface area contributed by atoms with Crippen LogP contribution in [0.5, 0.6) is 11.5 Å². The highest BCUT2D eigenvalue weighted by molar-refractivity contribution is 5.91. The standard InChI is InChI=1S/C34H37FO2/c1-3-5-7-11-23-36-32-21-17-27-13-9-10-14-29(27)31(32)20-16-26-15-19-30-28(25-26)18-22-33(34(30)35)37-24-12-8-6-4-2/h9-10,13-15,17-19,21-22,25H,3-8,11-12,23-24H2,1-2H3. The molecular formula is C34H37FO2. The van der Waals surface area contributed by atoms with E-state index in [1.807, 2.05) is 36.4 Å². The summed E-state index contributed by atoms with van der Waals surface area (Å²) < 4.78 is 27.0. The minimum absolute atomic E-state index is 0.305.